The maximum atomic E-state index is 6.10. The smallest absolute Gasteiger partial charge is 0.255 e. The second-order valence-corrected chi connectivity index (χ2v) is 4.73. The Bertz CT molecular complexity index is 535. The summed E-state index contributed by atoms with van der Waals surface area (Å²) in [5.74, 6) is 1.23. The van der Waals surface area contributed by atoms with E-state index in [-0.39, 0.29) is 6.10 Å². The minimum absolute atomic E-state index is 0.0301. The van der Waals surface area contributed by atoms with Gasteiger partial charge in [0.25, 0.3) is 5.89 Å². The number of hydrogen-bond acceptors (Lipinski definition) is 4. The van der Waals surface area contributed by atoms with Crippen LogP contribution in [0.1, 0.15) is 36.2 Å². The molecule has 0 aliphatic carbocycles. The summed E-state index contributed by atoms with van der Waals surface area (Å²) < 4.78 is 10.7. The van der Waals surface area contributed by atoms with Gasteiger partial charge in [-0.25, -0.2) is 0 Å². The zero-order valence-corrected chi connectivity index (χ0v) is 10.6. The van der Waals surface area contributed by atoms with Crippen LogP contribution in [0.3, 0.4) is 0 Å². The van der Waals surface area contributed by atoms with Gasteiger partial charge in [0.1, 0.15) is 6.10 Å². The highest BCUT2D eigenvalue weighted by atomic mass is 35.5. The Kier molecular flexibility index (Phi) is 3.30. The first-order valence-electron chi connectivity index (χ1n) is 6.00. The Labute approximate surface area is 110 Å². The highest BCUT2D eigenvalue weighted by Gasteiger charge is 2.23. The number of halogens is 1. The van der Waals surface area contributed by atoms with E-state index in [9.17, 15) is 0 Å². The molecule has 0 radical (unpaired) electrons. The molecule has 0 spiro atoms. The molecule has 0 N–H and O–H groups in total. The van der Waals surface area contributed by atoms with Crippen LogP contribution in [0.5, 0.6) is 0 Å². The molecule has 18 heavy (non-hydrogen) atoms. The van der Waals surface area contributed by atoms with E-state index in [0.29, 0.717) is 18.1 Å². The molecule has 0 saturated carbocycles. The van der Waals surface area contributed by atoms with Crippen molar-refractivity contribution in [2.75, 3.05) is 6.61 Å². The van der Waals surface area contributed by atoms with Crippen LogP contribution in [0.25, 0.3) is 0 Å². The topological polar surface area (TPSA) is 48.2 Å². The summed E-state index contributed by atoms with van der Waals surface area (Å²) in [6.45, 7) is 0.771. The molecular weight excluding hydrogens is 252 g/mol. The minimum Gasteiger partial charge on any atom is -0.368 e. The van der Waals surface area contributed by atoms with E-state index in [2.05, 4.69) is 10.1 Å². The molecule has 3 rings (SSSR count). The maximum Gasteiger partial charge on any atom is 0.255 e. The lowest BCUT2D eigenvalue weighted by Crippen LogP contribution is -1.97. The molecule has 1 aliphatic heterocycles. The van der Waals surface area contributed by atoms with Crippen LogP contribution in [0.15, 0.2) is 28.8 Å². The first kappa shape index (κ1) is 11.7. The van der Waals surface area contributed by atoms with Crippen molar-refractivity contribution in [3.05, 3.63) is 46.6 Å². The van der Waals surface area contributed by atoms with E-state index < -0.39 is 0 Å². The monoisotopic (exact) mass is 264 g/mol. The summed E-state index contributed by atoms with van der Waals surface area (Å²) in [6, 6.07) is 7.67. The van der Waals surface area contributed by atoms with Crippen LogP contribution in [0.4, 0.5) is 0 Å². The van der Waals surface area contributed by atoms with Crippen molar-refractivity contribution in [1.29, 1.82) is 0 Å². The lowest BCUT2D eigenvalue weighted by Gasteiger charge is -2.01. The van der Waals surface area contributed by atoms with Crippen molar-refractivity contribution in [2.24, 2.45) is 0 Å². The average Bonchev–Trinajstić information content (AvgIpc) is 3.02. The molecule has 1 aromatic heterocycles. The van der Waals surface area contributed by atoms with Gasteiger partial charge < -0.3 is 9.26 Å². The van der Waals surface area contributed by atoms with Crippen LogP contribution in [-0.4, -0.2) is 16.7 Å². The summed E-state index contributed by atoms with van der Waals surface area (Å²) in [4.78, 5) is 4.37. The predicted octanol–water partition coefficient (Wildman–Crippen LogP) is 3.17. The van der Waals surface area contributed by atoms with E-state index in [0.717, 1.165) is 30.0 Å². The van der Waals surface area contributed by atoms with Crippen molar-refractivity contribution < 1.29 is 9.26 Å². The molecule has 2 heterocycles. The van der Waals surface area contributed by atoms with E-state index in [1.54, 1.807) is 0 Å². The number of rotatable bonds is 3. The van der Waals surface area contributed by atoms with Gasteiger partial charge >= 0.3 is 0 Å². The van der Waals surface area contributed by atoms with Gasteiger partial charge in [0.05, 0.1) is 0 Å². The second-order valence-electron chi connectivity index (χ2n) is 4.32. The van der Waals surface area contributed by atoms with Crippen molar-refractivity contribution >= 4 is 11.6 Å². The van der Waals surface area contributed by atoms with Gasteiger partial charge in [-0.1, -0.05) is 35.0 Å². The van der Waals surface area contributed by atoms with Crippen LogP contribution >= 0.6 is 11.6 Å². The summed E-state index contributed by atoms with van der Waals surface area (Å²) in [5.41, 5.74) is 0.999. The summed E-state index contributed by atoms with van der Waals surface area (Å²) in [5, 5.41) is 4.70. The van der Waals surface area contributed by atoms with Gasteiger partial charge in [0.15, 0.2) is 5.82 Å². The van der Waals surface area contributed by atoms with Crippen LogP contribution < -0.4 is 0 Å². The molecule has 0 amide bonds. The maximum absolute atomic E-state index is 6.10. The predicted molar refractivity (Wildman–Crippen MR) is 66.5 cm³/mol. The Morgan fingerprint density at radius 3 is 3.00 bits per heavy atom. The van der Waals surface area contributed by atoms with Crippen molar-refractivity contribution in [1.82, 2.24) is 10.1 Å². The van der Waals surface area contributed by atoms with Crippen molar-refractivity contribution in [2.45, 2.75) is 25.4 Å². The van der Waals surface area contributed by atoms with Crippen LogP contribution in [0.2, 0.25) is 5.02 Å². The van der Waals surface area contributed by atoms with Crippen molar-refractivity contribution in [3.63, 3.8) is 0 Å². The number of aromatic nitrogens is 2. The van der Waals surface area contributed by atoms with Gasteiger partial charge in [-0.3, -0.25) is 0 Å². The third-order valence-electron chi connectivity index (χ3n) is 3.00. The molecular formula is C13H13ClN2O2. The molecule has 94 valence electrons. The number of nitrogens with zero attached hydrogens (tertiary/aromatic N) is 2. The van der Waals surface area contributed by atoms with Gasteiger partial charge in [0, 0.05) is 18.1 Å². The normalized spacial score (nSPS) is 19.3. The fraction of sp³-hybridized carbons (Fsp3) is 0.385. The standard InChI is InChI=1S/C13H13ClN2O2/c14-10-5-2-1-4-9(10)8-12-15-13(18-16-12)11-6-3-7-17-11/h1-2,4-5,11H,3,6-8H2/t11-/m1/s1. The molecule has 0 unspecified atom stereocenters. The van der Waals surface area contributed by atoms with Crippen LogP contribution in [-0.2, 0) is 11.2 Å². The zero-order chi connectivity index (χ0) is 12.4. The summed E-state index contributed by atoms with van der Waals surface area (Å²) >= 11 is 6.10. The Morgan fingerprint density at radius 2 is 2.22 bits per heavy atom. The fourth-order valence-electron chi connectivity index (χ4n) is 2.05. The molecule has 1 aromatic carbocycles. The molecule has 4 nitrogen and oxygen atoms in total. The van der Waals surface area contributed by atoms with E-state index in [1.807, 2.05) is 24.3 Å². The lowest BCUT2D eigenvalue weighted by molar-refractivity contribution is 0.0835. The molecule has 2 aromatic rings. The van der Waals surface area contributed by atoms with E-state index >= 15 is 0 Å². The van der Waals surface area contributed by atoms with Gasteiger partial charge in [-0.05, 0) is 24.5 Å². The van der Waals surface area contributed by atoms with Crippen molar-refractivity contribution in [3.8, 4) is 0 Å². The van der Waals surface area contributed by atoms with Gasteiger partial charge in [0.2, 0.25) is 0 Å². The highest BCUT2D eigenvalue weighted by molar-refractivity contribution is 6.31. The molecule has 0 bridgehead atoms. The SMILES string of the molecule is Clc1ccccc1Cc1noc([C@H]2CCCO2)n1. The second kappa shape index (κ2) is 5.08. The number of ether oxygens (including phenoxy) is 1. The van der Waals surface area contributed by atoms with E-state index in [4.69, 9.17) is 20.9 Å². The largest absolute Gasteiger partial charge is 0.368 e. The summed E-state index contributed by atoms with van der Waals surface area (Å²) in [6.07, 6.45) is 2.55. The molecule has 1 aliphatic rings. The third-order valence-corrected chi connectivity index (χ3v) is 3.36. The Hall–Kier alpha value is -1.39. The molecule has 5 heteroatoms. The molecule has 1 saturated heterocycles. The highest BCUT2D eigenvalue weighted by Crippen LogP contribution is 2.27. The molecule has 1 fully saturated rings. The quantitative estimate of drug-likeness (QED) is 0.854. The van der Waals surface area contributed by atoms with E-state index in [1.165, 1.54) is 0 Å². The summed E-state index contributed by atoms with van der Waals surface area (Å²) in [7, 11) is 0. The fourth-order valence-corrected chi connectivity index (χ4v) is 2.26. The number of hydrogen-bond donors (Lipinski definition) is 0. The lowest BCUT2D eigenvalue weighted by atomic mass is 10.1. The Balaban J connectivity index is 1.75. The molecule has 1 atom stereocenters. The van der Waals surface area contributed by atoms with Crippen LogP contribution in [0, 0.1) is 0 Å². The third kappa shape index (κ3) is 2.40. The first-order chi connectivity index (χ1) is 8.83. The van der Waals surface area contributed by atoms with Gasteiger partial charge in [-0.2, -0.15) is 4.98 Å². The first-order valence-corrected chi connectivity index (χ1v) is 6.38. The van der Waals surface area contributed by atoms with Gasteiger partial charge in [-0.15, -0.1) is 0 Å². The zero-order valence-electron chi connectivity index (χ0n) is 9.80. The Morgan fingerprint density at radius 1 is 1.33 bits per heavy atom. The minimum atomic E-state index is -0.0301. The average molecular weight is 265 g/mol. The number of benzene rings is 1.